The average Bonchev–Trinajstić information content (AvgIpc) is 3.47. The molecule has 0 radical (unpaired) electrons. The fourth-order valence-corrected chi connectivity index (χ4v) is 3.15. The molecule has 0 aliphatic carbocycles. The Morgan fingerprint density at radius 2 is 1.76 bits per heavy atom. The Labute approximate surface area is 194 Å². The molecule has 0 saturated carbocycles. The average molecular weight is 452 g/mol. The molecule has 8 nitrogen and oxygen atoms in total. The molecule has 0 aliphatic heterocycles. The van der Waals surface area contributed by atoms with E-state index in [9.17, 15) is 9.59 Å². The molecule has 1 atom stereocenters. The summed E-state index contributed by atoms with van der Waals surface area (Å²) in [7, 11) is 0. The highest BCUT2D eigenvalue weighted by Crippen LogP contribution is 2.26. The maximum atomic E-state index is 12.6. The first kappa shape index (κ1) is 24.2. The maximum Gasteiger partial charge on any atom is 0.288 e. The summed E-state index contributed by atoms with van der Waals surface area (Å²) in [5.74, 6) is 0.0484. The number of benzene rings is 1. The number of aromatic amines is 1. The van der Waals surface area contributed by atoms with Crippen LogP contribution in [0.2, 0.25) is 0 Å². The van der Waals surface area contributed by atoms with Gasteiger partial charge in [0.05, 0.1) is 11.9 Å². The zero-order valence-corrected chi connectivity index (χ0v) is 20.2. The van der Waals surface area contributed by atoms with Crippen LogP contribution in [0.5, 0.6) is 0 Å². The first-order chi connectivity index (χ1) is 15.6. The Balaban J connectivity index is 1.75. The minimum atomic E-state index is -0.272. The summed E-state index contributed by atoms with van der Waals surface area (Å²) in [6, 6.07) is 9.28. The largest absolute Gasteiger partial charge is 0.431 e. The fourth-order valence-electron chi connectivity index (χ4n) is 3.15. The lowest BCUT2D eigenvalue weighted by Gasteiger charge is -2.27. The van der Waals surface area contributed by atoms with Gasteiger partial charge in [0.15, 0.2) is 0 Å². The first-order valence-corrected chi connectivity index (χ1v) is 11.4. The van der Waals surface area contributed by atoms with E-state index in [4.69, 9.17) is 4.42 Å². The number of carbonyl (C=O) groups is 2. The van der Waals surface area contributed by atoms with Gasteiger partial charge in [0.2, 0.25) is 11.7 Å². The summed E-state index contributed by atoms with van der Waals surface area (Å²) in [5.41, 5.74) is 2.48. The van der Waals surface area contributed by atoms with Crippen LogP contribution < -0.4 is 10.6 Å². The number of oxazole rings is 1. The molecule has 8 heteroatoms. The summed E-state index contributed by atoms with van der Waals surface area (Å²) in [5, 5.41) is 13.1. The van der Waals surface area contributed by atoms with E-state index in [0.717, 1.165) is 18.4 Å². The molecule has 0 bridgehead atoms. The van der Waals surface area contributed by atoms with Crippen molar-refractivity contribution in [1.82, 2.24) is 25.8 Å². The van der Waals surface area contributed by atoms with Gasteiger partial charge in [-0.2, -0.15) is 5.10 Å². The van der Waals surface area contributed by atoms with E-state index in [1.165, 1.54) is 6.20 Å². The highest BCUT2D eigenvalue weighted by Gasteiger charge is 2.23. The van der Waals surface area contributed by atoms with Crippen molar-refractivity contribution < 1.29 is 14.0 Å². The predicted octanol–water partition coefficient (Wildman–Crippen LogP) is 4.81. The lowest BCUT2D eigenvalue weighted by atomic mass is 9.88. The van der Waals surface area contributed by atoms with E-state index in [-0.39, 0.29) is 35.1 Å². The third-order valence-electron chi connectivity index (χ3n) is 5.92. The molecule has 3 aromatic rings. The number of amides is 2. The van der Waals surface area contributed by atoms with Crippen LogP contribution in [-0.2, 0) is 0 Å². The Morgan fingerprint density at radius 1 is 1.06 bits per heavy atom. The smallest absolute Gasteiger partial charge is 0.288 e. The van der Waals surface area contributed by atoms with Crippen LogP contribution in [0.4, 0.5) is 0 Å². The summed E-state index contributed by atoms with van der Waals surface area (Å²) in [6.45, 7) is 12.3. The molecule has 2 aromatic heterocycles. The van der Waals surface area contributed by atoms with Crippen LogP contribution >= 0.6 is 0 Å². The molecule has 0 saturated heterocycles. The minimum Gasteiger partial charge on any atom is -0.431 e. The van der Waals surface area contributed by atoms with E-state index < -0.39 is 0 Å². The molecule has 3 rings (SSSR count). The second-order valence-corrected chi connectivity index (χ2v) is 9.33. The fraction of sp³-hybridized carbons (Fsp3) is 0.440. The lowest BCUT2D eigenvalue weighted by molar-refractivity contribution is 0.0898. The van der Waals surface area contributed by atoms with Gasteiger partial charge in [0, 0.05) is 23.2 Å². The molecule has 0 fully saturated rings. The van der Waals surface area contributed by atoms with Crippen molar-refractivity contribution in [2.75, 3.05) is 0 Å². The summed E-state index contributed by atoms with van der Waals surface area (Å²) < 4.78 is 5.72. The van der Waals surface area contributed by atoms with E-state index in [1.807, 2.05) is 45.0 Å². The Morgan fingerprint density at radius 3 is 2.42 bits per heavy atom. The van der Waals surface area contributed by atoms with Gasteiger partial charge in [-0.1, -0.05) is 46.8 Å². The number of rotatable bonds is 8. The Hall–Kier alpha value is -3.42. The molecular weight excluding hydrogens is 418 g/mol. The molecular formula is C25H33N5O3. The standard InChI is InChI=1S/C25H33N5O3/c1-7-18(8-2)28-23(32)21-14-26-24(33-21)17-11-9-10-16(12-17)19-13-20(30-29-19)22(31)27-15(3)25(4,5)6/h9-15,18H,7-8H2,1-6H3,(H,27,31)(H,28,32)(H,29,30). The van der Waals surface area contributed by atoms with E-state index in [2.05, 4.69) is 46.6 Å². The number of aromatic nitrogens is 3. The van der Waals surface area contributed by atoms with Gasteiger partial charge >= 0.3 is 0 Å². The summed E-state index contributed by atoms with van der Waals surface area (Å²) in [6.07, 6.45) is 3.14. The topological polar surface area (TPSA) is 113 Å². The highest BCUT2D eigenvalue weighted by molar-refractivity contribution is 5.93. The first-order valence-electron chi connectivity index (χ1n) is 11.4. The molecule has 3 N–H and O–H groups in total. The van der Waals surface area contributed by atoms with Gasteiger partial charge in [0.1, 0.15) is 5.69 Å². The lowest BCUT2D eigenvalue weighted by Crippen LogP contribution is -2.41. The number of hydrogen-bond donors (Lipinski definition) is 3. The van der Waals surface area contributed by atoms with Crippen LogP contribution in [0.25, 0.3) is 22.7 Å². The van der Waals surface area contributed by atoms with Crippen molar-refractivity contribution in [3.8, 4) is 22.7 Å². The monoisotopic (exact) mass is 451 g/mol. The van der Waals surface area contributed by atoms with E-state index >= 15 is 0 Å². The molecule has 1 aromatic carbocycles. The summed E-state index contributed by atoms with van der Waals surface area (Å²) >= 11 is 0. The van der Waals surface area contributed by atoms with Crippen LogP contribution in [0.1, 0.15) is 75.4 Å². The quantitative estimate of drug-likeness (QED) is 0.455. The van der Waals surface area contributed by atoms with Gasteiger partial charge in [-0.25, -0.2) is 4.98 Å². The van der Waals surface area contributed by atoms with Gasteiger partial charge in [-0.3, -0.25) is 14.7 Å². The van der Waals surface area contributed by atoms with E-state index in [1.54, 1.807) is 6.07 Å². The van der Waals surface area contributed by atoms with Gasteiger partial charge in [-0.05, 0) is 43.4 Å². The van der Waals surface area contributed by atoms with Crippen LogP contribution in [0.3, 0.4) is 0 Å². The van der Waals surface area contributed by atoms with Crippen molar-refractivity contribution in [3.05, 3.63) is 48.0 Å². The van der Waals surface area contributed by atoms with Gasteiger partial charge in [-0.15, -0.1) is 0 Å². The maximum absolute atomic E-state index is 12.6. The molecule has 2 heterocycles. The minimum absolute atomic E-state index is 0.00133. The Kier molecular flexibility index (Phi) is 7.36. The van der Waals surface area contributed by atoms with E-state index in [0.29, 0.717) is 22.8 Å². The zero-order chi connectivity index (χ0) is 24.2. The molecule has 0 aliphatic rings. The number of nitrogens with one attached hydrogen (secondary N) is 3. The molecule has 1 unspecified atom stereocenters. The van der Waals surface area contributed by atoms with Crippen molar-refractivity contribution in [2.45, 2.75) is 66.5 Å². The van der Waals surface area contributed by atoms with Crippen molar-refractivity contribution in [3.63, 3.8) is 0 Å². The molecule has 33 heavy (non-hydrogen) atoms. The van der Waals surface area contributed by atoms with Crippen molar-refractivity contribution in [1.29, 1.82) is 0 Å². The van der Waals surface area contributed by atoms with Crippen molar-refractivity contribution >= 4 is 11.8 Å². The molecule has 176 valence electrons. The number of H-pyrrole nitrogens is 1. The highest BCUT2D eigenvalue weighted by atomic mass is 16.4. The number of hydrogen-bond acceptors (Lipinski definition) is 5. The van der Waals surface area contributed by atoms with Gasteiger partial charge < -0.3 is 15.1 Å². The third-order valence-corrected chi connectivity index (χ3v) is 5.92. The zero-order valence-electron chi connectivity index (χ0n) is 20.2. The number of carbonyl (C=O) groups excluding carboxylic acids is 2. The van der Waals surface area contributed by atoms with Crippen LogP contribution in [0, 0.1) is 5.41 Å². The van der Waals surface area contributed by atoms with Crippen LogP contribution in [0.15, 0.2) is 40.9 Å². The van der Waals surface area contributed by atoms with Gasteiger partial charge in [0.25, 0.3) is 11.8 Å². The SMILES string of the molecule is CCC(CC)NC(=O)c1cnc(-c2cccc(-c3cc(C(=O)NC(C)C(C)(C)C)[nH]n3)c2)o1. The third kappa shape index (κ3) is 5.88. The Bertz CT molecular complexity index is 1110. The summed E-state index contributed by atoms with van der Waals surface area (Å²) in [4.78, 5) is 29.3. The van der Waals surface area contributed by atoms with Crippen LogP contribution in [-0.4, -0.2) is 39.1 Å². The van der Waals surface area contributed by atoms with Crippen molar-refractivity contribution in [2.24, 2.45) is 5.41 Å². The number of nitrogens with zero attached hydrogens (tertiary/aromatic N) is 2. The normalized spacial score (nSPS) is 12.6. The molecule has 2 amide bonds. The predicted molar refractivity (Wildman–Crippen MR) is 128 cm³/mol. The second kappa shape index (κ2) is 10.0. The second-order valence-electron chi connectivity index (χ2n) is 9.33. The molecule has 0 spiro atoms.